The van der Waals surface area contributed by atoms with Crippen molar-refractivity contribution >= 4 is 44.2 Å². The van der Waals surface area contributed by atoms with Gasteiger partial charge in [-0.1, -0.05) is 22.0 Å². The van der Waals surface area contributed by atoms with Gasteiger partial charge in [-0.3, -0.25) is 4.79 Å². The van der Waals surface area contributed by atoms with Gasteiger partial charge < -0.3 is 15.1 Å². The highest BCUT2D eigenvalue weighted by Crippen LogP contribution is 2.26. The minimum absolute atomic E-state index is 0.138. The van der Waals surface area contributed by atoms with Gasteiger partial charge in [0.25, 0.3) is 0 Å². The Balaban J connectivity index is 1.44. The van der Waals surface area contributed by atoms with E-state index in [9.17, 15) is 9.18 Å². The van der Waals surface area contributed by atoms with E-state index in [2.05, 4.69) is 51.1 Å². The molecule has 2 aromatic carbocycles. The maximum Gasteiger partial charge on any atom is 0.224 e. The minimum atomic E-state index is -0.300. The molecule has 1 aromatic heterocycles. The number of carbonyl (C=O) groups is 1. The third-order valence-electron chi connectivity index (χ3n) is 5.75. The topological polar surface area (TPSA) is 48.5 Å². The first-order valence-electron chi connectivity index (χ1n) is 10.5. The van der Waals surface area contributed by atoms with Gasteiger partial charge in [0.1, 0.15) is 11.6 Å². The molecule has 0 unspecified atom stereocenters. The highest BCUT2D eigenvalue weighted by atomic mass is 79.9. The predicted molar refractivity (Wildman–Crippen MR) is 127 cm³/mol. The summed E-state index contributed by atoms with van der Waals surface area (Å²) >= 11 is 3.25. The van der Waals surface area contributed by atoms with Gasteiger partial charge in [0.15, 0.2) is 0 Å². The molecule has 1 aliphatic heterocycles. The first kappa shape index (κ1) is 21.7. The van der Waals surface area contributed by atoms with Gasteiger partial charge in [-0.15, -0.1) is 0 Å². The minimum Gasteiger partial charge on any atom is -0.354 e. The van der Waals surface area contributed by atoms with Crippen LogP contribution in [0.4, 0.5) is 15.9 Å². The summed E-state index contributed by atoms with van der Waals surface area (Å²) < 4.78 is 14.6. The number of hydrogen-bond donors (Lipinski definition) is 1. The summed E-state index contributed by atoms with van der Waals surface area (Å²) in [5.41, 5.74) is 3.31. The molecule has 1 fully saturated rings. The maximum absolute atomic E-state index is 14.0. The lowest BCUT2D eigenvalue weighted by Gasteiger charge is -2.33. The van der Waals surface area contributed by atoms with Gasteiger partial charge in [0.05, 0.1) is 5.52 Å². The quantitative estimate of drug-likeness (QED) is 0.566. The van der Waals surface area contributed by atoms with Crippen LogP contribution in [0.25, 0.3) is 10.9 Å². The Labute approximate surface area is 190 Å². The average molecular weight is 485 g/mol. The Bertz CT molecular complexity index is 1110. The van der Waals surface area contributed by atoms with Crippen molar-refractivity contribution in [2.75, 3.05) is 43.4 Å². The number of halogens is 2. The number of likely N-dealkylation sites (N-methyl/N-ethyl adjacent to an activating group) is 1. The van der Waals surface area contributed by atoms with E-state index in [-0.39, 0.29) is 18.1 Å². The van der Waals surface area contributed by atoms with E-state index in [4.69, 9.17) is 4.98 Å². The van der Waals surface area contributed by atoms with Gasteiger partial charge in [0.2, 0.25) is 5.91 Å². The smallest absolute Gasteiger partial charge is 0.224 e. The number of aromatic nitrogens is 1. The fourth-order valence-electron chi connectivity index (χ4n) is 3.85. The summed E-state index contributed by atoms with van der Waals surface area (Å²) in [6, 6.07) is 12.8. The summed E-state index contributed by atoms with van der Waals surface area (Å²) in [6.07, 6.45) is 0.573. The van der Waals surface area contributed by atoms with Crippen molar-refractivity contribution in [3.05, 3.63) is 63.9 Å². The fraction of sp³-hybridized carbons (Fsp3) is 0.333. The molecule has 1 amide bonds. The molecular weight excluding hydrogens is 459 g/mol. The third-order valence-corrected chi connectivity index (χ3v) is 6.24. The molecule has 31 heavy (non-hydrogen) atoms. The van der Waals surface area contributed by atoms with Gasteiger partial charge >= 0.3 is 0 Å². The molecule has 0 spiro atoms. The molecule has 1 aliphatic rings. The Morgan fingerprint density at radius 2 is 1.90 bits per heavy atom. The summed E-state index contributed by atoms with van der Waals surface area (Å²) in [5.74, 6) is 0.568. The van der Waals surface area contributed by atoms with Gasteiger partial charge in [-0.2, -0.15) is 0 Å². The lowest BCUT2D eigenvalue weighted by Crippen LogP contribution is -2.44. The summed E-state index contributed by atoms with van der Waals surface area (Å²) in [6.45, 7) is 6.09. The standard InChI is InChI=1S/C24H26BrFN4O/c1-16-13-23(30-11-9-29(2)10-12-30)28-22-7-6-19(15-20(16)22)27-24(31)8-4-17-3-5-18(25)14-21(17)26/h3,5-7,13-15H,4,8-12H2,1-2H3,(H,27,31). The van der Waals surface area contributed by atoms with E-state index < -0.39 is 0 Å². The normalized spacial score (nSPS) is 14.8. The van der Waals surface area contributed by atoms with Crippen LogP contribution in [0.1, 0.15) is 17.5 Å². The lowest BCUT2D eigenvalue weighted by atomic mass is 10.1. The molecule has 7 heteroatoms. The van der Waals surface area contributed by atoms with Crippen LogP contribution >= 0.6 is 15.9 Å². The van der Waals surface area contributed by atoms with E-state index in [1.54, 1.807) is 12.1 Å². The Morgan fingerprint density at radius 3 is 2.65 bits per heavy atom. The zero-order valence-corrected chi connectivity index (χ0v) is 19.4. The molecule has 5 nitrogen and oxygen atoms in total. The van der Waals surface area contributed by atoms with E-state index >= 15 is 0 Å². The molecular formula is C24H26BrFN4O. The zero-order valence-electron chi connectivity index (χ0n) is 17.8. The summed E-state index contributed by atoms with van der Waals surface area (Å²) in [4.78, 5) is 21.9. The van der Waals surface area contributed by atoms with Gasteiger partial charge in [0, 0.05) is 48.1 Å². The number of hydrogen-bond acceptors (Lipinski definition) is 4. The lowest BCUT2D eigenvalue weighted by molar-refractivity contribution is -0.116. The molecule has 3 aromatic rings. The number of piperazine rings is 1. The van der Waals surface area contributed by atoms with Crippen LogP contribution in [0.5, 0.6) is 0 Å². The van der Waals surface area contributed by atoms with E-state index in [1.165, 1.54) is 6.07 Å². The number of aryl methyl sites for hydroxylation is 2. The number of nitrogens with one attached hydrogen (secondary N) is 1. The fourth-order valence-corrected chi connectivity index (χ4v) is 4.18. The molecule has 0 saturated carbocycles. The molecule has 4 rings (SSSR count). The van der Waals surface area contributed by atoms with Crippen molar-refractivity contribution in [2.45, 2.75) is 19.8 Å². The number of carbonyl (C=O) groups excluding carboxylic acids is 1. The summed E-state index contributed by atoms with van der Waals surface area (Å²) in [7, 11) is 2.14. The molecule has 1 saturated heterocycles. The highest BCUT2D eigenvalue weighted by Gasteiger charge is 2.16. The molecule has 162 valence electrons. The van der Waals surface area contributed by atoms with E-state index in [1.807, 2.05) is 18.2 Å². The third kappa shape index (κ3) is 5.22. The van der Waals surface area contributed by atoms with Crippen molar-refractivity contribution in [1.82, 2.24) is 9.88 Å². The van der Waals surface area contributed by atoms with Crippen molar-refractivity contribution in [3.8, 4) is 0 Å². The number of amides is 1. The predicted octanol–water partition coefficient (Wildman–Crippen LogP) is 4.77. The monoisotopic (exact) mass is 484 g/mol. The van der Waals surface area contributed by atoms with Crippen LogP contribution in [0.3, 0.4) is 0 Å². The Morgan fingerprint density at radius 1 is 1.13 bits per heavy atom. The number of nitrogens with zero attached hydrogens (tertiary/aromatic N) is 3. The molecule has 0 atom stereocenters. The van der Waals surface area contributed by atoms with Crippen LogP contribution in [0, 0.1) is 12.7 Å². The number of fused-ring (bicyclic) bond motifs is 1. The van der Waals surface area contributed by atoms with Crippen LogP contribution in [-0.4, -0.2) is 49.0 Å². The van der Waals surface area contributed by atoms with E-state index in [0.29, 0.717) is 16.5 Å². The largest absolute Gasteiger partial charge is 0.354 e. The van der Waals surface area contributed by atoms with Crippen LogP contribution in [-0.2, 0) is 11.2 Å². The van der Waals surface area contributed by atoms with E-state index in [0.717, 1.165) is 54.2 Å². The van der Waals surface area contributed by atoms with Gasteiger partial charge in [-0.25, -0.2) is 9.37 Å². The van der Waals surface area contributed by atoms with Crippen LogP contribution in [0.15, 0.2) is 46.9 Å². The number of benzene rings is 2. The molecule has 0 bridgehead atoms. The van der Waals surface area contributed by atoms with Crippen molar-refractivity contribution in [2.24, 2.45) is 0 Å². The molecule has 2 heterocycles. The number of pyridine rings is 1. The SMILES string of the molecule is Cc1cc(N2CCN(C)CC2)nc2ccc(NC(=O)CCc3ccc(Br)cc3F)cc12. The van der Waals surface area contributed by atoms with Gasteiger partial charge in [-0.05, 0) is 67.9 Å². The second kappa shape index (κ2) is 9.32. The number of rotatable bonds is 5. The molecule has 0 aliphatic carbocycles. The average Bonchev–Trinajstić information content (AvgIpc) is 2.74. The maximum atomic E-state index is 14.0. The van der Waals surface area contributed by atoms with Crippen molar-refractivity contribution < 1.29 is 9.18 Å². The van der Waals surface area contributed by atoms with Crippen LogP contribution < -0.4 is 10.2 Å². The number of anilines is 2. The first-order chi connectivity index (χ1) is 14.9. The summed E-state index contributed by atoms with van der Waals surface area (Å²) in [5, 5.41) is 3.95. The second-order valence-corrected chi connectivity index (χ2v) is 9.02. The Hall–Kier alpha value is -2.51. The molecule has 0 radical (unpaired) electrons. The van der Waals surface area contributed by atoms with Crippen molar-refractivity contribution in [1.29, 1.82) is 0 Å². The molecule has 1 N–H and O–H groups in total. The second-order valence-electron chi connectivity index (χ2n) is 8.10. The van der Waals surface area contributed by atoms with Crippen molar-refractivity contribution in [3.63, 3.8) is 0 Å². The first-order valence-corrected chi connectivity index (χ1v) is 11.3. The zero-order chi connectivity index (χ0) is 22.0. The van der Waals surface area contributed by atoms with Crippen LogP contribution in [0.2, 0.25) is 0 Å². The Kier molecular flexibility index (Phi) is 6.53. The highest BCUT2D eigenvalue weighted by molar-refractivity contribution is 9.10.